The SMILES string of the molecule is CCC1=C(C)c2cc3[nH]c(cc4nc(c5c6[nH]c(cc1n2)c(C)c6C(=O)OC5=O)[C@@H](CCC(=O)OC)[C@@H]4C)c(C)c3C(C)OCCOCCOCCOC. The van der Waals surface area contributed by atoms with Gasteiger partial charge < -0.3 is 38.4 Å². The maximum Gasteiger partial charge on any atom is 0.350 e. The van der Waals surface area contributed by atoms with Gasteiger partial charge in [0.2, 0.25) is 0 Å². The van der Waals surface area contributed by atoms with E-state index in [9.17, 15) is 14.4 Å². The van der Waals surface area contributed by atoms with Gasteiger partial charge in [0, 0.05) is 53.2 Å². The van der Waals surface area contributed by atoms with E-state index >= 15 is 0 Å². The van der Waals surface area contributed by atoms with Gasteiger partial charge in [0.1, 0.15) is 5.56 Å². The minimum atomic E-state index is -0.778. The van der Waals surface area contributed by atoms with Crippen LogP contribution in [0.25, 0.3) is 33.2 Å². The highest BCUT2D eigenvalue weighted by atomic mass is 16.6. The smallest absolute Gasteiger partial charge is 0.350 e. The molecule has 54 heavy (non-hydrogen) atoms. The van der Waals surface area contributed by atoms with Crippen molar-refractivity contribution in [1.82, 2.24) is 19.9 Å². The Hall–Kier alpha value is -4.69. The van der Waals surface area contributed by atoms with E-state index < -0.39 is 11.9 Å². The Morgan fingerprint density at radius 1 is 0.852 bits per heavy atom. The summed E-state index contributed by atoms with van der Waals surface area (Å²) in [7, 11) is 2.99. The number of ether oxygens (including phenoxy) is 6. The number of aromatic nitrogens is 4. The summed E-state index contributed by atoms with van der Waals surface area (Å²) in [6.07, 6.45) is 0.939. The third kappa shape index (κ3) is 7.63. The van der Waals surface area contributed by atoms with E-state index in [0.717, 1.165) is 56.8 Å². The Balaban J connectivity index is 1.53. The van der Waals surface area contributed by atoms with Crippen molar-refractivity contribution in [2.75, 3.05) is 53.9 Å². The molecule has 2 N–H and O–H groups in total. The standard InChI is InChI=1S/C41H50N4O9/c1-9-26-21(2)28-20-33-35(25(6)53-17-16-52-15-14-51-13-12-49-7)23(4)30(43-33)18-29-22(3)27(10-11-34(46)50-8)38(44-29)37-39-36(40(47)54-41(37)48)24(5)31(45-39)19-32(26)42-28/h18-20,22,25,27,43,45H,9-17H2,1-8H3/t22-,25?,27-/m0/s1. The lowest BCUT2D eigenvalue weighted by atomic mass is 9.85. The summed E-state index contributed by atoms with van der Waals surface area (Å²) >= 11 is 0. The molecular formula is C41H50N4O9. The Bertz CT molecular complexity index is 2150. The molecule has 0 aromatic carbocycles. The second-order valence-electron chi connectivity index (χ2n) is 13.9. The number of esters is 3. The van der Waals surface area contributed by atoms with Gasteiger partial charge in [-0.1, -0.05) is 13.8 Å². The van der Waals surface area contributed by atoms with Crippen molar-refractivity contribution >= 4 is 51.1 Å². The van der Waals surface area contributed by atoms with Gasteiger partial charge in [0.05, 0.1) is 81.0 Å². The van der Waals surface area contributed by atoms with Crippen LogP contribution in [0, 0.1) is 13.8 Å². The zero-order chi connectivity index (χ0) is 38.7. The molecule has 8 bridgehead atoms. The molecule has 13 nitrogen and oxygen atoms in total. The molecule has 0 aliphatic carbocycles. The average Bonchev–Trinajstić information content (AvgIpc) is 3.83. The third-order valence-electron chi connectivity index (χ3n) is 10.7. The molecule has 0 saturated heterocycles. The second kappa shape index (κ2) is 16.8. The summed E-state index contributed by atoms with van der Waals surface area (Å²) in [4.78, 5) is 56.5. The van der Waals surface area contributed by atoms with Crippen molar-refractivity contribution in [3.05, 3.63) is 68.8 Å². The lowest BCUT2D eigenvalue weighted by molar-refractivity contribution is -0.140. The predicted octanol–water partition coefficient (Wildman–Crippen LogP) is 7.18. The van der Waals surface area contributed by atoms with Crippen LogP contribution in [0.4, 0.5) is 0 Å². The van der Waals surface area contributed by atoms with Gasteiger partial charge >= 0.3 is 17.9 Å². The number of aromatic amines is 2. The number of rotatable bonds is 15. The number of hydrogen-bond donors (Lipinski definition) is 2. The molecule has 1 unspecified atom stereocenters. The van der Waals surface area contributed by atoms with Crippen LogP contribution in [0.5, 0.6) is 0 Å². The van der Waals surface area contributed by atoms with Gasteiger partial charge in [-0.3, -0.25) is 9.78 Å². The van der Waals surface area contributed by atoms with Crippen LogP contribution in [0.15, 0.2) is 18.2 Å². The summed E-state index contributed by atoms with van der Waals surface area (Å²) < 4.78 is 32.9. The number of carbonyl (C=O) groups is 3. The Labute approximate surface area is 314 Å². The van der Waals surface area contributed by atoms with E-state index in [2.05, 4.69) is 29.9 Å². The third-order valence-corrected chi connectivity index (χ3v) is 10.7. The molecule has 0 radical (unpaired) electrons. The molecule has 3 atom stereocenters. The van der Waals surface area contributed by atoms with E-state index in [0.29, 0.717) is 68.4 Å². The first kappa shape index (κ1) is 39.0. The number of nitrogens with zero attached hydrogens (tertiary/aromatic N) is 2. The minimum absolute atomic E-state index is 0.128. The highest BCUT2D eigenvalue weighted by Gasteiger charge is 2.38. The fourth-order valence-electron chi connectivity index (χ4n) is 7.68. The number of methoxy groups -OCH3 is 2. The predicted molar refractivity (Wildman–Crippen MR) is 203 cm³/mol. The lowest BCUT2D eigenvalue weighted by Gasteiger charge is -2.18. The second-order valence-corrected chi connectivity index (χ2v) is 13.9. The monoisotopic (exact) mass is 742 g/mol. The fraction of sp³-hybridized carbons (Fsp3) is 0.488. The van der Waals surface area contributed by atoms with Crippen LogP contribution in [-0.2, 0) is 33.2 Å². The maximum atomic E-state index is 13.7. The Morgan fingerprint density at radius 2 is 1.52 bits per heavy atom. The molecule has 3 aliphatic heterocycles. The molecule has 3 aromatic rings. The molecule has 0 amide bonds. The molecule has 3 aliphatic rings. The number of carbonyl (C=O) groups excluding carboxylic acids is 3. The van der Waals surface area contributed by atoms with Gasteiger partial charge in [-0.2, -0.15) is 0 Å². The van der Waals surface area contributed by atoms with Crippen LogP contribution in [0.1, 0.15) is 125 Å². The first-order chi connectivity index (χ1) is 26.0. The highest BCUT2D eigenvalue weighted by molar-refractivity contribution is 6.18. The summed E-state index contributed by atoms with van der Waals surface area (Å²) in [5.41, 5.74) is 10.7. The molecule has 288 valence electrons. The zero-order valence-corrected chi connectivity index (χ0v) is 32.4. The molecule has 0 saturated carbocycles. The number of fused-ring (bicyclic) bond motifs is 8. The molecule has 6 heterocycles. The van der Waals surface area contributed by atoms with Gasteiger partial charge in [0.15, 0.2) is 0 Å². The number of allylic oxidation sites excluding steroid dienone is 2. The minimum Gasteiger partial charge on any atom is -0.469 e. The summed E-state index contributed by atoms with van der Waals surface area (Å²) in [5, 5.41) is 0. The number of aryl methyl sites for hydroxylation is 2. The first-order valence-electron chi connectivity index (χ1n) is 18.6. The van der Waals surface area contributed by atoms with Crippen molar-refractivity contribution < 1.29 is 42.8 Å². The topological polar surface area (TPSA) is 164 Å². The van der Waals surface area contributed by atoms with E-state index in [4.69, 9.17) is 38.4 Å². The first-order valence-corrected chi connectivity index (χ1v) is 18.6. The molecule has 6 rings (SSSR count). The summed E-state index contributed by atoms with van der Waals surface area (Å²) in [5.74, 6) is -2.39. The zero-order valence-electron chi connectivity index (χ0n) is 32.4. The van der Waals surface area contributed by atoms with Crippen molar-refractivity contribution in [2.45, 2.75) is 78.7 Å². The molecule has 13 heteroatoms. The summed E-state index contributed by atoms with van der Waals surface area (Å²) in [6.45, 7) is 14.9. The maximum absolute atomic E-state index is 13.7. The lowest BCUT2D eigenvalue weighted by Crippen LogP contribution is -2.21. The van der Waals surface area contributed by atoms with E-state index in [1.54, 1.807) is 7.11 Å². The van der Waals surface area contributed by atoms with Crippen molar-refractivity contribution in [1.29, 1.82) is 0 Å². The molecule has 0 spiro atoms. The van der Waals surface area contributed by atoms with E-state index in [1.165, 1.54) is 7.11 Å². The van der Waals surface area contributed by atoms with Crippen LogP contribution in [0.2, 0.25) is 0 Å². The van der Waals surface area contributed by atoms with Gasteiger partial charge in [0.25, 0.3) is 0 Å². The van der Waals surface area contributed by atoms with Gasteiger partial charge in [-0.15, -0.1) is 0 Å². The average molecular weight is 743 g/mol. The highest BCUT2D eigenvalue weighted by Crippen LogP contribution is 2.44. The van der Waals surface area contributed by atoms with E-state index in [-0.39, 0.29) is 41.5 Å². The van der Waals surface area contributed by atoms with Crippen molar-refractivity contribution in [2.24, 2.45) is 0 Å². The van der Waals surface area contributed by atoms with Crippen LogP contribution < -0.4 is 0 Å². The molecule has 3 aromatic heterocycles. The van der Waals surface area contributed by atoms with Gasteiger partial charge in [-0.25, -0.2) is 14.6 Å². The number of nitrogens with one attached hydrogen (secondary N) is 2. The van der Waals surface area contributed by atoms with Crippen LogP contribution in [-0.4, -0.2) is 91.7 Å². The number of H-pyrrole nitrogens is 2. The largest absolute Gasteiger partial charge is 0.469 e. The Morgan fingerprint density at radius 3 is 2.22 bits per heavy atom. The fourth-order valence-corrected chi connectivity index (χ4v) is 7.68. The number of hydrogen-bond acceptors (Lipinski definition) is 11. The van der Waals surface area contributed by atoms with Gasteiger partial charge in [-0.05, 0) is 81.0 Å². The van der Waals surface area contributed by atoms with Crippen molar-refractivity contribution in [3.8, 4) is 0 Å². The quantitative estimate of drug-likeness (QED) is 0.0921. The van der Waals surface area contributed by atoms with E-state index in [1.807, 2.05) is 39.8 Å². The Kier molecular flexibility index (Phi) is 12.1. The normalized spacial score (nSPS) is 17.3. The van der Waals surface area contributed by atoms with Crippen LogP contribution in [0.3, 0.4) is 0 Å². The molecular weight excluding hydrogens is 692 g/mol. The van der Waals surface area contributed by atoms with Crippen molar-refractivity contribution in [3.63, 3.8) is 0 Å². The number of cyclic esters (lactones) is 2. The molecule has 0 fully saturated rings. The summed E-state index contributed by atoms with van der Waals surface area (Å²) in [6, 6.07) is 5.99. The van der Waals surface area contributed by atoms with Crippen LogP contribution >= 0.6 is 0 Å².